The number of nitriles is 1. The maximum absolute atomic E-state index is 12.2. The number of piperidine rings is 1. The Bertz CT molecular complexity index is 703. The molecule has 1 amide bonds. The minimum Gasteiger partial charge on any atom is -0.444 e. The van der Waals surface area contributed by atoms with Gasteiger partial charge in [-0.05, 0) is 70.1 Å². The van der Waals surface area contributed by atoms with E-state index in [2.05, 4.69) is 23.5 Å². The van der Waals surface area contributed by atoms with Crippen LogP contribution >= 0.6 is 0 Å². The molecule has 146 valence electrons. The van der Waals surface area contributed by atoms with Gasteiger partial charge in [-0.3, -0.25) is 0 Å². The molecule has 1 aliphatic carbocycles. The molecular formula is C22H31N3O2. The van der Waals surface area contributed by atoms with E-state index in [0.29, 0.717) is 25.0 Å². The van der Waals surface area contributed by atoms with Gasteiger partial charge < -0.3 is 15.0 Å². The zero-order chi connectivity index (χ0) is 19.4. The number of hydrogen-bond donors (Lipinski definition) is 1. The Balaban J connectivity index is 1.64. The van der Waals surface area contributed by atoms with Gasteiger partial charge in [0.25, 0.3) is 0 Å². The summed E-state index contributed by atoms with van der Waals surface area (Å²) in [6, 6.07) is 8.97. The molecule has 1 aromatic rings. The molecule has 3 rings (SSSR count). The molecule has 5 nitrogen and oxygen atoms in total. The van der Waals surface area contributed by atoms with Crippen LogP contribution in [0.15, 0.2) is 18.2 Å². The Kier molecular flexibility index (Phi) is 5.94. The molecule has 1 saturated carbocycles. The molecule has 0 bridgehead atoms. The number of ether oxygens (including phenoxy) is 1. The number of anilines is 1. The van der Waals surface area contributed by atoms with E-state index >= 15 is 0 Å². The van der Waals surface area contributed by atoms with Crippen LogP contribution in [0.4, 0.5) is 10.5 Å². The first-order valence-corrected chi connectivity index (χ1v) is 10.1. The largest absolute Gasteiger partial charge is 0.444 e. The molecule has 0 unspecified atom stereocenters. The molecule has 1 saturated heterocycles. The first-order chi connectivity index (χ1) is 12.9. The number of amides is 1. The van der Waals surface area contributed by atoms with Gasteiger partial charge in [0.15, 0.2) is 0 Å². The highest BCUT2D eigenvalue weighted by Crippen LogP contribution is 2.32. The lowest BCUT2D eigenvalue weighted by Gasteiger charge is -2.33. The van der Waals surface area contributed by atoms with Crippen LogP contribution < -0.4 is 5.32 Å². The van der Waals surface area contributed by atoms with Crippen molar-refractivity contribution in [1.82, 2.24) is 4.90 Å². The van der Waals surface area contributed by atoms with E-state index in [9.17, 15) is 10.1 Å². The van der Waals surface area contributed by atoms with Gasteiger partial charge >= 0.3 is 6.09 Å². The molecule has 1 N–H and O–H groups in total. The van der Waals surface area contributed by atoms with Crippen LogP contribution in [0.5, 0.6) is 0 Å². The number of carbonyl (C=O) groups is 1. The summed E-state index contributed by atoms with van der Waals surface area (Å²) in [6.07, 6.45) is 6.53. The molecule has 1 heterocycles. The van der Waals surface area contributed by atoms with Crippen LogP contribution in [-0.2, 0) is 4.74 Å². The Morgan fingerprint density at radius 3 is 2.44 bits per heavy atom. The van der Waals surface area contributed by atoms with E-state index in [1.165, 1.54) is 31.2 Å². The normalized spacial score (nSPS) is 19.0. The Hall–Kier alpha value is -2.22. The van der Waals surface area contributed by atoms with Crippen LogP contribution in [0.3, 0.4) is 0 Å². The molecule has 0 radical (unpaired) electrons. The molecule has 27 heavy (non-hydrogen) atoms. The van der Waals surface area contributed by atoms with Crippen LogP contribution in [0.25, 0.3) is 0 Å². The SMILES string of the molecule is CC(C)(C)OC(=O)N1CCC(c2ccc(C#N)c(NC3CCCC3)c2)CC1. The zero-order valence-corrected chi connectivity index (χ0v) is 16.8. The molecule has 2 fully saturated rings. The maximum Gasteiger partial charge on any atom is 0.410 e. The van der Waals surface area contributed by atoms with E-state index in [0.717, 1.165) is 24.1 Å². The minimum absolute atomic E-state index is 0.218. The van der Waals surface area contributed by atoms with Gasteiger partial charge in [0.1, 0.15) is 11.7 Å². The molecule has 5 heteroatoms. The molecule has 1 aliphatic heterocycles. The summed E-state index contributed by atoms with van der Waals surface area (Å²) in [5.41, 5.74) is 2.49. The summed E-state index contributed by atoms with van der Waals surface area (Å²) in [6.45, 7) is 7.11. The first-order valence-electron chi connectivity index (χ1n) is 10.1. The van der Waals surface area contributed by atoms with Crippen molar-refractivity contribution in [2.24, 2.45) is 0 Å². The van der Waals surface area contributed by atoms with Crippen molar-refractivity contribution in [3.05, 3.63) is 29.3 Å². The fourth-order valence-corrected chi connectivity index (χ4v) is 4.04. The summed E-state index contributed by atoms with van der Waals surface area (Å²) in [7, 11) is 0. The Labute approximate surface area is 162 Å². The Morgan fingerprint density at radius 2 is 1.85 bits per heavy atom. The van der Waals surface area contributed by atoms with E-state index in [-0.39, 0.29) is 6.09 Å². The van der Waals surface area contributed by atoms with E-state index < -0.39 is 5.60 Å². The van der Waals surface area contributed by atoms with E-state index in [1.54, 1.807) is 0 Å². The molecule has 1 aromatic carbocycles. The van der Waals surface area contributed by atoms with Crippen LogP contribution in [-0.4, -0.2) is 35.7 Å². The highest BCUT2D eigenvalue weighted by molar-refractivity contribution is 5.68. The van der Waals surface area contributed by atoms with Gasteiger partial charge in [0, 0.05) is 19.1 Å². The third-order valence-corrected chi connectivity index (χ3v) is 5.50. The number of benzene rings is 1. The highest BCUT2D eigenvalue weighted by Gasteiger charge is 2.28. The van der Waals surface area contributed by atoms with Crippen molar-refractivity contribution in [3.8, 4) is 6.07 Å². The average Bonchev–Trinajstić information content (AvgIpc) is 3.13. The topological polar surface area (TPSA) is 65.4 Å². The predicted molar refractivity (Wildman–Crippen MR) is 107 cm³/mol. The smallest absolute Gasteiger partial charge is 0.410 e. The third-order valence-electron chi connectivity index (χ3n) is 5.50. The number of rotatable bonds is 3. The summed E-state index contributed by atoms with van der Waals surface area (Å²) >= 11 is 0. The lowest BCUT2D eigenvalue weighted by Crippen LogP contribution is -2.41. The van der Waals surface area contributed by atoms with Crippen molar-refractivity contribution in [2.45, 2.75) is 76.9 Å². The standard InChI is InChI=1S/C22H31N3O2/c1-22(2,3)27-21(26)25-12-10-16(11-13-25)17-8-9-18(15-23)20(14-17)24-19-6-4-5-7-19/h8-9,14,16,19,24H,4-7,10-13H2,1-3H3. The second kappa shape index (κ2) is 8.21. The molecule has 0 spiro atoms. The summed E-state index contributed by atoms with van der Waals surface area (Å²) < 4.78 is 5.48. The van der Waals surface area contributed by atoms with Gasteiger partial charge in [-0.2, -0.15) is 5.26 Å². The summed E-state index contributed by atoms with van der Waals surface area (Å²) in [5.74, 6) is 0.417. The monoisotopic (exact) mass is 369 g/mol. The van der Waals surface area contributed by atoms with Crippen molar-refractivity contribution in [3.63, 3.8) is 0 Å². The van der Waals surface area contributed by atoms with Crippen molar-refractivity contribution < 1.29 is 9.53 Å². The molecule has 0 aromatic heterocycles. The van der Waals surface area contributed by atoms with Gasteiger partial charge in [-0.1, -0.05) is 18.9 Å². The van der Waals surface area contributed by atoms with E-state index in [4.69, 9.17) is 4.74 Å². The zero-order valence-electron chi connectivity index (χ0n) is 16.8. The van der Waals surface area contributed by atoms with Crippen LogP contribution in [0, 0.1) is 11.3 Å². The van der Waals surface area contributed by atoms with Crippen molar-refractivity contribution in [2.75, 3.05) is 18.4 Å². The summed E-state index contributed by atoms with van der Waals surface area (Å²) in [4.78, 5) is 14.1. The van der Waals surface area contributed by atoms with E-state index in [1.807, 2.05) is 31.7 Å². The van der Waals surface area contributed by atoms with Gasteiger partial charge in [-0.25, -0.2) is 4.79 Å². The Morgan fingerprint density at radius 1 is 1.19 bits per heavy atom. The van der Waals surface area contributed by atoms with Crippen molar-refractivity contribution in [1.29, 1.82) is 5.26 Å². The number of carbonyl (C=O) groups excluding carboxylic acids is 1. The maximum atomic E-state index is 12.2. The lowest BCUT2D eigenvalue weighted by atomic mass is 9.88. The second-order valence-corrected chi connectivity index (χ2v) is 8.78. The lowest BCUT2D eigenvalue weighted by molar-refractivity contribution is 0.0205. The summed E-state index contributed by atoms with van der Waals surface area (Å²) in [5, 5.41) is 13.0. The quantitative estimate of drug-likeness (QED) is 0.812. The number of likely N-dealkylation sites (tertiary alicyclic amines) is 1. The predicted octanol–water partition coefficient (Wildman–Crippen LogP) is 5.03. The fraction of sp³-hybridized carbons (Fsp3) is 0.636. The number of nitrogens with zero attached hydrogens (tertiary/aromatic N) is 2. The third kappa shape index (κ3) is 5.15. The minimum atomic E-state index is -0.456. The second-order valence-electron chi connectivity index (χ2n) is 8.78. The van der Waals surface area contributed by atoms with Crippen LogP contribution in [0.2, 0.25) is 0 Å². The van der Waals surface area contributed by atoms with Crippen molar-refractivity contribution >= 4 is 11.8 Å². The molecular weight excluding hydrogens is 338 g/mol. The average molecular weight is 370 g/mol. The van der Waals surface area contributed by atoms with Crippen LogP contribution in [0.1, 0.15) is 76.3 Å². The molecule has 0 atom stereocenters. The first kappa shape index (κ1) is 19.5. The van der Waals surface area contributed by atoms with Gasteiger partial charge in [-0.15, -0.1) is 0 Å². The number of hydrogen-bond acceptors (Lipinski definition) is 4. The van der Waals surface area contributed by atoms with Gasteiger partial charge in [0.05, 0.1) is 11.3 Å². The fourth-order valence-electron chi connectivity index (χ4n) is 4.04. The van der Waals surface area contributed by atoms with Gasteiger partial charge in [0.2, 0.25) is 0 Å². The molecule has 2 aliphatic rings. The highest BCUT2D eigenvalue weighted by atomic mass is 16.6. The number of nitrogens with one attached hydrogen (secondary N) is 1.